The minimum atomic E-state index is -0.651. The monoisotopic (exact) mass is 682 g/mol. The fourth-order valence-corrected chi connectivity index (χ4v) is 6.91. The first kappa shape index (κ1) is 32.0. The Morgan fingerprint density at radius 2 is 1.15 bits per heavy atom. The van der Waals surface area contributed by atoms with E-state index in [1.54, 1.807) is 48.5 Å². The summed E-state index contributed by atoms with van der Waals surface area (Å²) in [4.78, 5) is 12.0. The summed E-state index contributed by atoms with van der Waals surface area (Å²) in [6, 6.07) is 15.6. The molecule has 0 amide bonds. The fraction of sp³-hybridized carbons (Fsp3) is 0.321. The third kappa shape index (κ3) is 8.81. The van der Waals surface area contributed by atoms with Crippen molar-refractivity contribution in [2.75, 3.05) is 6.61 Å². The molecule has 0 spiro atoms. The first-order valence-electron chi connectivity index (χ1n) is 12.1. The summed E-state index contributed by atoms with van der Waals surface area (Å²) in [5.74, 6) is -0.440. The molecule has 1 unspecified atom stereocenters. The molecule has 4 rings (SSSR count). The van der Waals surface area contributed by atoms with Crippen LogP contribution in [0.25, 0.3) is 0 Å². The maximum atomic E-state index is 12.0. The molecule has 1 heterocycles. The van der Waals surface area contributed by atoms with Gasteiger partial charge < -0.3 is 18.9 Å². The second-order valence-corrected chi connectivity index (χ2v) is 12.8. The molecule has 12 heteroatoms. The lowest BCUT2D eigenvalue weighted by Crippen LogP contribution is -2.40. The van der Waals surface area contributed by atoms with Crippen LogP contribution in [0.15, 0.2) is 54.6 Å². The van der Waals surface area contributed by atoms with Crippen molar-refractivity contribution < 1.29 is 23.7 Å². The van der Waals surface area contributed by atoms with Gasteiger partial charge in [-0.15, -0.1) is 11.8 Å². The van der Waals surface area contributed by atoms with E-state index < -0.39 is 23.6 Å². The Morgan fingerprint density at radius 3 is 1.60 bits per heavy atom. The highest BCUT2D eigenvalue weighted by Gasteiger charge is 2.48. The third-order valence-corrected chi connectivity index (χ3v) is 9.14. The van der Waals surface area contributed by atoms with Gasteiger partial charge in [-0.1, -0.05) is 87.8 Å². The minimum absolute atomic E-state index is 0.147. The van der Waals surface area contributed by atoms with E-state index in [0.717, 1.165) is 16.7 Å². The standard InChI is InChI=1S/C28H24Cl6O5S/c1-15(35)39-28-27(38-13-18-4-7-21(31)10-24(18)34)26(37-12-17-3-6-20(30)9-23(17)33)25(40-28)14-36-11-16-2-5-19(29)8-22(16)32/h2-10,25-28H,11-14H2,1H3/t25-,26-,27+,28?/m1/s1. The predicted octanol–water partition coefficient (Wildman–Crippen LogP) is 9.30. The summed E-state index contributed by atoms with van der Waals surface area (Å²) in [5.41, 5.74) is 1.62. The molecule has 4 atom stereocenters. The van der Waals surface area contributed by atoms with Gasteiger partial charge in [-0.3, -0.25) is 4.79 Å². The molecule has 1 fully saturated rings. The molecule has 0 saturated carbocycles. The maximum absolute atomic E-state index is 12.0. The van der Waals surface area contributed by atoms with Gasteiger partial charge in [0.05, 0.1) is 31.7 Å². The lowest BCUT2D eigenvalue weighted by Gasteiger charge is -2.26. The van der Waals surface area contributed by atoms with E-state index in [2.05, 4.69) is 0 Å². The van der Waals surface area contributed by atoms with Crippen LogP contribution in [-0.2, 0) is 43.6 Å². The Morgan fingerprint density at radius 1 is 0.700 bits per heavy atom. The van der Waals surface area contributed by atoms with Crippen LogP contribution in [-0.4, -0.2) is 35.5 Å². The highest BCUT2D eigenvalue weighted by Crippen LogP contribution is 2.41. The molecule has 0 N–H and O–H groups in total. The Labute approximate surface area is 267 Å². The van der Waals surface area contributed by atoms with E-state index in [1.807, 2.05) is 6.07 Å². The van der Waals surface area contributed by atoms with E-state index in [4.69, 9.17) is 88.6 Å². The van der Waals surface area contributed by atoms with Gasteiger partial charge in [-0.25, -0.2) is 0 Å². The molecule has 0 aliphatic carbocycles. The van der Waals surface area contributed by atoms with Crippen molar-refractivity contribution in [1.82, 2.24) is 0 Å². The van der Waals surface area contributed by atoms with Crippen LogP contribution in [0.1, 0.15) is 23.6 Å². The Hall–Kier alpha value is -0.900. The Bertz CT molecular complexity index is 1340. The van der Waals surface area contributed by atoms with Gasteiger partial charge in [-0.2, -0.15) is 0 Å². The minimum Gasteiger partial charge on any atom is -0.449 e. The number of carbonyl (C=O) groups excluding carboxylic acids is 1. The normalized spacial score (nSPS) is 20.6. The zero-order chi connectivity index (χ0) is 28.8. The van der Waals surface area contributed by atoms with Crippen LogP contribution in [0, 0.1) is 0 Å². The van der Waals surface area contributed by atoms with Gasteiger partial charge in [0.15, 0.2) is 5.44 Å². The second kappa shape index (κ2) is 15.0. The zero-order valence-corrected chi connectivity index (χ0v) is 26.4. The fourth-order valence-electron chi connectivity index (χ4n) is 4.03. The zero-order valence-electron chi connectivity index (χ0n) is 21.1. The third-order valence-electron chi connectivity index (χ3n) is 6.00. The summed E-state index contributed by atoms with van der Waals surface area (Å²) >= 11 is 38.6. The molecule has 214 valence electrons. The molecule has 3 aromatic rings. The molecule has 40 heavy (non-hydrogen) atoms. The summed E-state index contributed by atoms with van der Waals surface area (Å²) in [5, 5.41) is 2.77. The average molecular weight is 685 g/mol. The second-order valence-electron chi connectivity index (χ2n) is 8.93. The lowest BCUT2D eigenvalue weighted by molar-refractivity contribution is -0.155. The average Bonchev–Trinajstić information content (AvgIpc) is 3.19. The van der Waals surface area contributed by atoms with Crippen molar-refractivity contribution in [3.8, 4) is 0 Å². The number of rotatable bonds is 11. The smallest absolute Gasteiger partial charge is 0.303 e. The number of esters is 1. The Kier molecular flexibility index (Phi) is 12.0. The van der Waals surface area contributed by atoms with Gasteiger partial charge in [-0.05, 0) is 53.1 Å². The van der Waals surface area contributed by atoms with Crippen LogP contribution in [0.2, 0.25) is 30.1 Å². The van der Waals surface area contributed by atoms with Crippen LogP contribution >= 0.6 is 81.4 Å². The van der Waals surface area contributed by atoms with Gasteiger partial charge in [0.2, 0.25) is 0 Å². The molecular formula is C28H24Cl6O5S. The number of benzene rings is 3. The number of hydrogen-bond donors (Lipinski definition) is 0. The number of carbonyl (C=O) groups is 1. The molecular weight excluding hydrogens is 661 g/mol. The molecule has 1 saturated heterocycles. The van der Waals surface area contributed by atoms with E-state index >= 15 is 0 Å². The predicted molar refractivity (Wildman–Crippen MR) is 163 cm³/mol. The Balaban J connectivity index is 1.53. The summed E-state index contributed by atoms with van der Waals surface area (Å²) < 4.78 is 24.4. The summed E-state index contributed by atoms with van der Waals surface area (Å²) in [6.45, 7) is 2.20. The van der Waals surface area contributed by atoms with Gasteiger partial charge in [0, 0.05) is 37.1 Å². The van der Waals surface area contributed by atoms with Crippen molar-refractivity contribution in [2.24, 2.45) is 0 Å². The van der Waals surface area contributed by atoms with Crippen LogP contribution in [0.4, 0.5) is 0 Å². The van der Waals surface area contributed by atoms with E-state index in [0.29, 0.717) is 30.1 Å². The van der Waals surface area contributed by atoms with Crippen LogP contribution in [0.3, 0.4) is 0 Å². The first-order valence-corrected chi connectivity index (χ1v) is 15.3. The van der Waals surface area contributed by atoms with Gasteiger partial charge in [0.25, 0.3) is 0 Å². The van der Waals surface area contributed by atoms with E-state index in [9.17, 15) is 4.79 Å². The van der Waals surface area contributed by atoms with Crippen molar-refractivity contribution in [2.45, 2.75) is 49.6 Å². The maximum Gasteiger partial charge on any atom is 0.303 e. The number of halogens is 6. The van der Waals surface area contributed by atoms with Crippen LogP contribution in [0.5, 0.6) is 0 Å². The molecule has 5 nitrogen and oxygen atoms in total. The largest absolute Gasteiger partial charge is 0.449 e. The van der Waals surface area contributed by atoms with E-state index in [-0.39, 0.29) is 31.7 Å². The molecule has 1 aliphatic rings. The van der Waals surface area contributed by atoms with Gasteiger partial charge >= 0.3 is 5.97 Å². The molecule has 0 bridgehead atoms. The topological polar surface area (TPSA) is 54.0 Å². The SMILES string of the molecule is CC(=O)OC1S[C@H](COCc2ccc(Cl)cc2Cl)[C@@H](OCc2ccc(Cl)cc2Cl)[C@@H]1OCc1ccc(Cl)cc1Cl. The first-order chi connectivity index (χ1) is 19.1. The molecule has 0 radical (unpaired) electrons. The molecule has 0 aromatic heterocycles. The summed E-state index contributed by atoms with van der Waals surface area (Å²) in [6.07, 6.45) is -1.17. The quantitative estimate of drug-likeness (QED) is 0.188. The number of hydrogen-bond acceptors (Lipinski definition) is 6. The van der Waals surface area contributed by atoms with Crippen molar-refractivity contribution in [3.05, 3.63) is 101 Å². The van der Waals surface area contributed by atoms with Crippen molar-refractivity contribution in [3.63, 3.8) is 0 Å². The van der Waals surface area contributed by atoms with Crippen molar-refractivity contribution in [1.29, 1.82) is 0 Å². The van der Waals surface area contributed by atoms with E-state index in [1.165, 1.54) is 18.7 Å². The highest BCUT2D eigenvalue weighted by molar-refractivity contribution is 8.00. The summed E-state index contributed by atoms with van der Waals surface area (Å²) in [7, 11) is 0. The van der Waals surface area contributed by atoms with Gasteiger partial charge in [0.1, 0.15) is 12.2 Å². The molecule has 3 aromatic carbocycles. The highest BCUT2D eigenvalue weighted by atomic mass is 35.5. The molecule has 1 aliphatic heterocycles. The lowest BCUT2D eigenvalue weighted by atomic mass is 10.1. The van der Waals surface area contributed by atoms with Crippen molar-refractivity contribution >= 4 is 87.3 Å². The number of ether oxygens (including phenoxy) is 4. The number of thioether (sulfide) groups is 1. The van der Waals surface area contributed by atoms with Crippen LogP contribution < -0.4 is 0 Å².